The van der Waals surface area contributed by atoms with Gasteiger partial charge in [-0.25, -0.2) is 4.39 Å². The summed E-state index contributed by atoms with van der Waals surface area (Å²) in [7, 11) is 0. The lowest BCUT2D eigenvalue weighted by molar-refractivity contribution is 0.481. The van der Waals surface area contributed by atoms with E-state index in [0.717, 1.165) is 10.8 Å². The Hall–Kier alpha value is -2.86. The predicted molar refractivity (Wildman–Crippen MR) is 79.9 cm³/mol. The van der Waals surface area contributed by atoms with Crippen LogP contribution in [0.4, 0.5) is 4.39 Å². The first kappa shape index (κ1) is 13.1. The van der Waals surface area contributed by atoms with Crippen molar-refractivity contribution in [1.82, 2.24) is 0 Å². The molecule has 0 fully saturated rings. The number of hydrogen-bond acceptors (Lipinski definition) is 2. The zero-order chi connectivity index (χ0) is 14.8. The Morgan fingerprint density at radius 1 is 1.00 bits per heavy atom. The van der Waals surface area contributed by atoms with Crippen LogP contribution < -0.4 is 4.74 Å². The van der Waals surface area contributed by atoms with Gasteiger partial charge in [-0.3, -0.25) is 0 Å². The number of nitrogens with zero attached hydrogens (tertiary/aromatic N) is 1. The van der Waals surface area contributed by atoms with Gasteiger partial charge in [0.15, 0.2) is 0 Å². The van der Waals surface area contributed by atoms with Crippen molar-refractivity contribution in [2.45, 2.75) is 6.92 Å². The Morgan fingerprint density at radius 3 is 2.48 bits per heavy atom. The van der Waals surface area contributed by atoms with Crippen LogP contribution in [0.2, 0.25) is 0 Å². The largest absolute Gasteiger partial charge is 0.457 e. The Kier molecular flexibility index (Phi) is 3.29. The van der Waals surface area contributed by atoms with Crippen LogP contribution in [0.5, 0.6) is 11.5 Å². The van der Waals surface area contributed by atoms with Crippen molar-refractivity contribution in [2.75, 3.05) is 0 Å². The predicted octanol–water partition coefficient (Wildman–Crippen LogP) is 4.95. The number of fused-ring (bicyclic) bond motifs is 1. The minimum Gasteiger partial charge on any atom is -0.457 e. The van der Waals surface area contributed by atoms with E-state index in [4.69, 9.17) is 10.00 Å². The zero-order valence-electron chi connectivity index (χ0n) is 11.4. The molecule has 0 amide bonds. The standard InChI is InChI=1S/C18H12FNO/c1-12-6-8-14(10-17(12)19)21-18-9-7-13(11-20)15-4-2-3-5-16(15)18/h2-10H,1H3. The summed E-state index contributed by atoms with van der Waals surface area (Å²) in [6, 6.07) is 17.9. The number of rotatable bonds is 2. The lowest BCUT2D eigenvalue weighted by Crippen LogP contribution is -1.90. The molecule has 0 atom stereocenters. The first-order chi connectivity index (χ1) is 10.2. The smallest absolute Gasteiger partial charge is 0.135 e. The Labute approximate surface area is 122 Å². The average Bonchev–Trinajstić information content (AvgIpc) is 2.51. The molecule has 0 aliphatic carbocycles. The fraction of sp³-hybridized carbons (Fsp3) is 0.0556. The molecule has 0 bridgehead atoms. The molecular weight excluding hydrogens is 265 g/mol. The van der Waals surface area contributed by atoms with Crippen LogP contribution in [0.1, 0.15) is 11.1 Å². The van der Waals surface area contributed by atoms with Crippen molar-refractivity contribution in [3.8, 4) is 17.6 Å². The number of hydrogen-bond donors (Lipinski definition) is 0. The summed E-state index contributed by atoms with van der Waals surface area (Å²) in [5.74, 6) is 0.742. The van der Waals surface area contributed by atoms with Crippen molar-refractivity contribution in [1.29, 1.82) is 5.26 Å². The summed E-state index contributed by atoms with van der Waals surface area (Å²) >= 11 is 0. The van der Waals surface area contributed by atoms with Crippen LogP contribution in [0.15, 0.2) is 54.6 Å². The van der Waals surface area contributed by atoms with Gasteiger partial charge in [0.25, 0.3) is 0 Å². The fourth-order valence-electron chi connectivity index (χ4n) is 2.22. The topological polar surface area (TPSA) is 33.0 Å². The van der Waals surface area contributed by atoms with Gasteiger partial charge in [-0.1, -0.05) is 30.3 Å². The average molecular weight is 277 g/mol. The number of halogens is 1. The molecule has 3 aromatic carbocycles. The van der Waals surface area contributed by atoms with Crippen molar-refractivity contribution in [3.63, 3.8) is 0 Å². The van der Waals surface area contributed by atoms with E-state index in [9.17, 15) is 4.39 Å². The van der Waals surface area contributed by atoms with E-state index in [0.29, 0.717) is 22.6 Å². The molecule has 3 aromatic rings. The molecule has 0 saturated heterocycles. The maximum absolute atomic E-state index is 13.6. The monoisotopic (exact) mass is 277 g/mol. The molecule has 0 aliphatic heterocycles. The number of ether oxygens (including phenoxy) is 1. The van der Waals surface area contributed by atoms with E-state index in [1.54, 1.807) is 31.2 Å². The van der Waals surface area contributed by atoms with Gasteiger partial charge >= 0.3 is 0 Å². The molecule has 0 heterocycles. The second-order valence-corrected chi connectivity index (χ2v) is 4.78. The minimum absolute atomic E-state index is 0.301. The van der Waals surface area contributed by atoms with Gasteiger partial charge < -0.3 is 4.74 Å². The minimum atomic E-state index is -0.301. The highest BCUT2D eigenvalue weighted by Crippen LogP contribution is 2.32. The van der Waals surface area contributed by atoms with Crippen LogP contribution in [0.25, 0.3) is 10.8 Å². The van der Waals surface area contributed by atoms with Crippen molar-refractivity contribution in [2.24, 2.45) is 0 Å². The molecule has 21 heavy (non-hydrogen) atoms. The molecule has 3 heteroatoms. The van der Waals surface area contributed by atoms with Gasteiger partial charge in [0, 0.05) is 16.8 Å². The first-order valence-electron chi connectivity index (χ1n) is 6.55. The third kappa shape index (κ3) is 2.44. The molecule has 0 spiro atoms. The highest BCUT2D eigenvalue weighted by atomic mass is 19.1. The summed E-state index contributed by atoms with van der Waals surface area (Å²) in [6.45, 7) is 1.70. The van der Waals surface area contributed by atoms with Crippen LogP contribution in [0, 0.1) is 24.1 Å². The lowest BCUT2D eigenvalue weighted by Gasteiger charge is -2.10. The normalized spacial score (nSPS) is 10.3. The van der Waals surface area contributed by atoms with Gasteiger partial charge in [-0.2, -0.15) is 5.26 Å². The van der Waals surface area contributed by atoms with Crippen LogP contribution in [-0.4, -0.2) is 0 Å². The van der Waals surface area contributed by atoms with E-state index in [1.165, 1.54) is 6.07 Å². The lowest BCUT2D eigenvalue weighted by atomic mass is 10.0. The second kappa shape index (κ2) is 5.26. The maximum Gasteiger partial charge on any atom is 0.135 e. The molecule has 3 rings (SSSR count). The Morgan fingerprint density at radius 2 is 1.76 bits per heavy atom. The van der Waals surface area contributed by atoms with E-state index >= 15 is 0 Å². The number of benzene rings is 3. The van der Waals surface area contributed by atoms with Gasteiger partial charge in [-0.05, 0) is 30.7 Å². The Bertz CT molecular complexity index is 865. The molecular formula is C18H12FNO. The van der Waals surface area contributed by atoms with Crippen LogP contribution >= 0.6 is 0 Å². The van der Waals surface area contributed by atoms with Gasteiger partial charge in [0.1, 0.15) is 17.3 Å². The fourth-order valence-corrected chi connectivity index (χ4v) is 2.22. The summed E-state index contributed by atoms with van der Waals surface area (Å²) in [5.41, 5.74) is 1.17. The molecule has 0 N–H and O–H groups in total. The zero-order valence-corrected chi connectivity index (χ0v) is 11.4. The number of nitriles is 1. The van der Waals surface area contributed by atoms with Gasteiger partial charge in [-0.15, -0.1) is 0 Å². The van der Waals surface area contributed by atoms with Crippen molar-refractivity contribution in [3.05, 3.63) is 71.5 Å². The van der Waals surface area contributed by atoms with Gasteiger partial charge in [0.05, 0.1) is 11.6 Å². The quantitative estimate of drug-likeness (QED) is 0.663. The third-order valence-corrected chi connectivity index (χ3v) is 3.38. The second-order valence-electron chi connectivity index (χ2n) is 4.78. The molecule has 0 aliphatic rings. The van der Waals surface area contributed by atoms with E-state index in [2.05, 4.69) is 6.07 Å². The van der Waals surface area contributed by atoms with Crippen molar-refractivity contribution < 1.29 is 9.13 Å². The van der Waals surface area contributed by atoms with E-state index < -0.39 is 0 Å². The summed E-state index contributed by atoms with van der Waals surface area (Å²) in [5, 5.41) is 10.8. The summed E-state index contributed by atoms with van der Waals surface area (Å²) in [4.78, 5) is 0. The van der Waals surface area contributed by atoms with E-state index in [1.807, 2.05) is 24.3 Å². The highest BCUT2D eigenvalue weighted by molar-refractivity contribution is 5.92. The summed E-state index contributed by atoms with van der Waals surface area (Å²) in [6.07, 6.45) is 0. The SMILES string of the molecule is Cc1ccc(Oc2ccc(C#N)c3ccccc23)cc1F. The molecule has 102 valence electrons. The highest BCUT2D eigenvalue weighted by Gasteiger charge is 2.08. The van der Waals surface area contributed by atoms with E-state index in [-0.39, 0.29) is 5.82 Å². The first-order valence-corrected chi connectivity index (χ1v) is 6.55. The Balaban J connectivity index is 2.09. The molecule has 0 radical (unpaired) electrons. The third-order valence-electron chi connectivity index (χ3n) is 3.38. The maximum atomic E-state index is 13.6. The molecule has 0 saturated carbocycles. The van der Waals surface area contributed by atoms with Crippen LogP contribution in [0.3, 0.4) is 0 Å². The summed E-state index contributed by atoms with van der Waals surface area (Å²) < 4.78 is 19.4. The molecule has 0 unspecified atom stereocenters. The molecule has 0 aromatic heterocycles. The van der Waals surface area contributed by atoms with Gasteiger partial charge in [0.2, 0.25) is 0 Å². The number of aryl methyl sites for hydroxylation is 1. The van der Waals surface area contributed by atoms with Crippen LogP contribution in [-0.2, 0) is 0 Å². The van der Waals surface area contributed by atoms with Crippen molar-refractivity contribution >= 4 is 10.8 Å². The molecule has 2 nitrogen and oxygen atoms in total.